The van der Waals surface area contributed by atoms with E-state index in [0.717, 1.165) is 36.1 Å². The van der Waals surface area contributed by atoms with E-state index in [-0.39, 0.29) is 29.9 Å². The third-order valence-corrected chi connectivity index (χ3v) is 6.37. The van der Waals surface area contributed by atoms with Crippen molar-refractivity contribution in [3.05, 3.63) is 45.8 Å². The molecule has 1 atom stereocenters. The third kappa shape index (κ3) is 5.51. The number of rotatable bonds is 7. The summed E-state index contributed by atoms with van der Waals surface area (Å²) in [6.45, 7) is 7.70. The van der Waals surface area contributed by atoms with Gasteiger partial charge in [-0.25, -0.2) is 4.98 Å². The number of hydrogen-bond donors (Lipinski definition) is 2. The molecular formula is C25H31ClN6O3. The van der Waals surface area contributed by atoms with Crippen LogP contribution in [-0.4, -0.2) is 47.2 Å². The van der Waals surface area contributed by atoms with Crippen molar-refractivity contribution in [2.45, 2.75) is 39.7 Å². The predicted octanol–water partition coefficient (Wildman–Crippen LogP) is 4.13. The van der Waals surface area contributed by atoms with Crippen molar-refractivity contribution < 1.29 is 9.53 Å². The van der Waals surface area contributed by atoms with Crippen LogP contribution in [0.3, 0.4) is 0 Å². The minimum Gasteiger partial charge on any atom is -0.478 e. The summed E-state index contributed by atoms with van der Waals surface area (Å²) in [6.07, 6.45) is 3.94. The fourth-order valence-corrected chi connectivity index (χ4v) is 4.47. The van der Waals surface area contributed by atoms with Crippen LogP contribution < -0.4 is 25.8 Å². The van der Waals surface area contributed by atoms with Crippen molar-refractivity contribution in [1.29, 1.82) is 0 Å². The van der Waals surface area contributed by atoms with E-state index >= 15 is 0 Å². The highest BCUT2D eigenvalue weighted by atomic mass is 35.5. The molecule has 9 nitrogen and oxygen atoms in total. The minimum atomic E-state index is -0.312. The lowest BCUT2D eigenvalue weighted by Gasteiger charge is -2.31. The number of amides is 1. The van der Waals surface area contributed by atoms with Gasteiger partial charge in [-0.1, -0.05) is 18.5 Å². The zero-order chi connectivity index (χ0) is 25.1. The van der Waals surface area contributed by atoms with Gasteiger partial charge in [0.05, 0.1) is 11.7 Å². The maximum absolute atomic E-state index is 13.0. The number of nitrogens with zero attached hydrogens (tertiary/aromatic N) is 4. The van der Waals surface area contributed by atoms with E-state index in [1.807, 2.05) is 32.0 Å². The van der Waals surface area contributed by atoms with Crippen molar-refractivity contribution in [2.24, 2.45) is 5.92 Å². The van der Waals surface area contributed by atoms with Crippen molar-refractivity contribution in [1.82, 2.24) is 19.9 Å². The second kappa shape index (κ2) is 10.5. The lowest BCUT2D eigenvalue weighted by atomic mass is 10.0. The summed E-state index contributed by atoms with van der Waals surface area (Å²) in [7, 11) is 1.52. The molecule has 35 heavy (non-hydrogen) atoms. The van der Waals surface area contributed by atoms with Crippen molar-refractivity contribution in [3.8, 4) is 5.75 Å². The van der Waals surface area contributed by atoms with Gasteiger partial charge in [0.1, 0.15) is 5.02 Å². The zero-order valence-corrected chi connectivity index (χ0v) is 21.2. The highest BCUT2D eigenvalue weighted by molar-refractivity contribution is 6.32. The second-order valence-corrected chi connectivity index (χ2v) is 9.61. The molecule has 3 heterocycles. The predicted molar refractivity (Wildman–Crippen MR) is 139 cm³/mol. The molecule has 10 heteroatoms. The van der Waals surface area contributed by atoms with Gasteiger partial charge in [0.15, 0.2) is 18.2 Å². The molecule has 0 bridgehead atoms. The number of fused-ring (bicyclic) bond motifs is 1. The number of carbonyl (C=O) groups is 1. The van der Waals surface area contributed by atoms with E-state index in [4.69, 9.17) is 16.3 Å². The summed E-state index contributed by atoms with van der Waals surface area (Å²) in [6, 6.07) is 7.23. The van der Waals surface area contributed by atoms with Crippen molar-refractivity contribution >= 4 is 45.9 Å². The maximum atomic E-state index is 13.0. The van der Waals surface area contributed by atoms with Crippen LogP contribution in [0, 0.1) is 5.92 Å². The average molecular weight is 499 g/mol. The average Bonchev–Trinajstić information content (AvgIpc) is 2.83. The van der Waals surface area contributed by atoms with Crippen LogP contribution in [0.4, 0.5) is 17.5 Å². The Morgan fingerprint density at radius 1 is 1.31 bits per heavy atom. The molecule has 0 radical (unpaired) electrons. The molecule has 1 aromatic carbocycles. The molecule has 1 amide bonds. The Morgan fingerprint density at radius 2 is 2.11 bits per heavy atom. The van der Waals surface area contributed by atoms with Crippen LogP contribution in [0.25, 0.3) is 10.9 Å². The van der Waals surface area contributed by atoms with Gasteiger partial charge in [-0.2, -0.15) is 4.98 Å². The van der Waals surface area contributed by atoms with Gasteiger partial charge < -0.3 is 24.8 Å². The van der Waals surface area contributed by atoms with E-state index in [1.54, 1.807) is 16.8 Å². The number of ether oxygens (including phenoxy) is 1. The Hall–Kier alpha value is -3.33. The first-order valence-electron chi connectivity index (χ1n) is 11.8. The molecule has 3 aromatic rings. The smallest absolute Gasteiger partial charge is 0.293 e. The Morgan fingerprint density at radius 3 is 2.83 bits per heavy atom. The Bertz CT molecular complexity index is 1290. The molecular weight excluding hydrogens is 468 g/mol. The number of likely N-dealkylation sites (N-methyl/N-ethyl adjacent to an activating group) is 1. The molecule has 2 aromatic heterocycles. The van der Waals surface area contributed by atoms with E-state index in [1.165, 1.54) is 13.5 Å². The normalized spacial score (nSPS) is 15.9. The molecule has 0 aliphatic carbocycles. The Labute approximate surface area is 209 Å². The highest BCUT2D eigenvalue weighted by Gasteiger charge is 2.20. The van der Waals surface area contributed by atoms with Crippen LogP contribution in [0.1, 0.15) is 39.7 Å². The third-order valence-electron chi connectivity index (χ3n) is 6.09. The summed E-state index contributed by atoms with van der Waals surface area (Å²) in [4.78, 5) is 36.0. The number of benzene rings is 1. The summed E-state index contributed by atoms with van der Waals surface area (Å²) in [5, 5.41) is 6.99. The first kappa shape index (κ1) is 24.8. The van der Waals surface area contributed by atoms with E-state index < -0.39 is 0 Å². The number of hydrogen-bond acceptors (Lipinski definition) is 7. The Kier molecular flexibility index (Phi) is 7.45. The quantitative estimate of drug-likeness (QED) is 0.505. The molecule has 1 aliphatic heterocycles. The summed E-state index contributed by atoms with van der Waals surface area (Å²) >= 11 is 6.42. The lowest BCUT2D eigenvalue weighted by Crippen LogP contribution is -2.35. The molecule has 0 saturated carbocycles. The number of anilines is 3. The summed E-state index contributed by atoms with van der Waals surface area (Å²) in [5.41, 5.74) is 1.23. The Balaban J connectivity index is 1.67. The maximum Gasteiger partial charge on any atom is 0.293 e. The van der Waals surface area contributed by atoms with E-state index in [2.05, 4.69) is 32.4 Å². The molecule has 186 valence electrons. The number of halogens is 1. The number of nitrogens with one attached hydrogen (secondary N) is 2. The number of piperidine rings is 1. The van der Waals surface area contributed by atoms with Gasteiger partial charge in [-0.3, -0.25) is 9.59 Å². The van der Waals surface area contributed by atoms with Crippen molar-refractivity contribution in [2.75, 3.05) is 37.0 Å². The molecule has 0 spiro atoms. The van der Waals surface area contributed by atoms with Gasteiger partial charge in [0, 0.05) is 37.3 Å². The van der Waals surface area contributed by atoms with Crippen LogP contribution in [-0.2, 0) is 4.79 Å². The van der Waals surface area contributed by atoms with Crippen LogP contribution >= 0.6 is 11.6 Å². The van der Waals surface area contributed by atoms with Gasteiger partial charge >= 0.3 is 0 Å². The van der Waals surface area contributed by atoms with Gasteiger partial charge in [-0.05, 0) is 56.9 Å². The molecule has 2 N–H and O–H groups in total. The highest BCUT2D eigenvalue weighted by Crippen LogP contribution is 2.29. The van der Waals surface area contributed by atoms with Gasteiger partial charge in [-0.15, -0.1) is 0 Å². The van der Waals surface area contributed by atoms with Crippen molar-refractivity contribution in [3.63, 3.8) is 0 Å². The SMILES string of the molecule is CNC(=O)COc1cc2cc(Nc3nc(N4CCCC(C)C4)ncc3Cl)ccc2n(C(C)C)c1=O. The molecule has 1 saturated heterocycles. The topological polar surface area (TPSA) is 101 Å². The first-order chi connectivity index (χ1) is 16.8. The summed E-state index contributed by atoms with van der Waals surface area (Å²) in [5.74, 6) is 1.57. The first-order valence-corrected chi connectivity index (χ1v) is 12.2. The van der Waals surface area contributed by atoms with Crippen LogP contribution in [0.2, 0.25) is 5.02 Å². The van der Waals surface area contributed by atoms with E-state index in [9.17, 15) is 9.59 Å². The standard InChI is InChI=1S/C25H31ClN6O3/c1-15(2)32-20-8-7-18(10-17(20)11-21(24(32)34)35-14-22(33)27-4)29-23-19(26)12-28-25(30-23)31-9-5-6-16(3)13-31/h7-8,10-12,15-16H,5-6,9,13-14H2,1-4H3,(H,27,33)(H,28,29,30). The monoisotopic (exact) mass is 498 g/mol. The van der Waals surface area contributed by atoms with Crippen LogP contribution in [0.5, 0.6) is 5.75 Å². The molecule has 1 aliphatic rings. The van der Waals surface area contributed by atoms with Gasteiger partial charge in [0.2, 0.25) is 5.95 Å². The molecule has 1 fully saturated rings. The number of aromatic nitrogens is 3. The van der Waals surface area contributed by atoms with Gasteiger partial charge in [0.25, 0.3) is 11.5 Å². The summed E-state index contributed by atoms with van der Waals surface area (Å²) < 4.78 is 7.20. The minimum absolute atomic E-state index is 0.0989. The molecule has 1 unspecified atom stereocenters. The fourth-order valence-electron chi connectivity index (χ4n) is 4.34. The molecule has 4 rings (SSSR count). The zero-order valence-electron chi connectivity index (χ0n) is 20.5. The number of carbonyl (C=O) groups excluding carboxylic acids is 1. The lowest BCUT2D eigenvalue weighted by molar-refractivity contribution is -0.122. The second-order valence-electron chi connectivity index (χ2n) is 9.20. The largest absolute Gasteiger partial charge is 0.478 e. The van der Waals surface area contributed by atoms with Crippen LogP contribution in [0.15, 0.2) is 35.3 Å². The van der Waals surface area contributed by atoms with E-state index in [0.29, 0.717) is 22.7 Å². The fraction of sp³-hybridized carbons (Fsp3) is 0.440. The number of pyridine rings is 1.